The number of fused-ring (bicyclic) bond motifs is 1. The number of aryl methyl sites for hydroxylation is 1. The molecule has 26 heavy (non-hydrogen) atoms. The minimum atomic E-state index is 0.202. The second-order valence-corrected chi connectivity index (χ2v) is 7.76. The van der Waals surface area contributed by atoms with Crippen molar-refractivity contribution >= 4 is 5.91 Å². The van der Waals surface area contributed by atoms with Crippen molar-refractivity contribution in [3.63, 3.8) is 0 Å². The van der Waals surface area contributed by atoms with Gasteiger partial charge in [0.05, 0.1) is 0 Å². The summed E-state index contributed by atoms with van der Waals surface area (Å²) >= 11 is 0. The van der Waals surface area contributed by atoms with Crippen LogP contribution in [0.3, 0.4) is 0 Å². The van der Waals surface area contributed by atoms with E-state index >= 15 is 0 Å². The third kappa shape index (κ3) is 3.68. The van der Waals surface area contributed by atoms with Crippen molar-refractivity contribution in [1.29, 1.82) is 0 Å². The Labute approximate surface area is 156 Å². The molecule has 1 saturated heterocycles. The minimum absolute atomic E-state index is 0.202. The van der Waals surface area contributed by atoms with Crippen LogP contribution in [0, 0.1) is 12.8 Å². The van der Waals surface area contributed by atoms with Gasteiger partial charge >= 0.3 is 0 Å². The molecule has 2 heterocycles. The van der Waals surface area contributed by atoms with Crippen LogP contribution in [-0.2, 0) is 24.3 Å². The summed E-state index contributed by atoms with van der Waals surface area (Å²) in [6.07, 6.45) is 2.97. The van der Waals surface area contributed by atoms with Gasteiger partial charge in [0.25, 0.3) is 0 Å². The fourth-order valence-electron chi connectivity index (χ4n) is 4.31. The molecule has 1 amide bonds. The molecule has 0 aliphatic carbocycles. The van der Waals surface area contributed by atoms with Gasteiger partial charge in [0, 0.05) is 25.6 Å². The lowest BCUT2D eigenvalue weighted by Crippen LogP contribution is -2.44. The predicted octanol–water partition coefficient (Wildman–Crippen LogP) is 3.79. The molecule has 2 aliphatic heterocycles. The van der Waals surface area contributed by atoms with Gasteiger partial charge in [-0.05, 0) is 61.5 Å². The van der Waals surface area contributed by atoms with Crippen LogP contribution in [0.2, 0.25) is 0 Å². The van der Waals surface area contributed by atoms with E-state index in [0.29, 0.717) is 5.91 Å². The first-order valence-electron chi connectivity index (χ1n) is 9.83. The summed E-state index contributed by atoms with van der Waals surface area (Å²) in [6, 6.07) is 17.2. The molecule has 2 aromatic carbocycles. The smallest absolute Gasteiger partial charge is 0.226 e. The molecule has 2 aromatic rings. The van der Waals surface area contributed by atoms with Gasteiger partial charge in [0.15, 0.2) is 0 Å². The molecule has 2 aliphatic rings. The van der Waals surface area contributed by atoms with E-state index in [1.165, 1.54) is 22.3 Å². The summed E-state index contributed by atoms with van der Waals surface area (Å²) in [5.74, 6) is 0.573. The highest BCUT2D eigenvalue weighted by atomic mass is 16.2. The zero-order chi connectivity index (χ0) is 17.9. The van der Waals surface area contributed by atoms with Crippen molar-refractivity contribution in [2.45, 2.75) is 39.3 Å². The molecule has 0 atom stereocenters. The zero-order valence-electron chi connectivity index (χ0n) is 15.7. The number of hydrogen-bond donors (Lipinski definition) is 0. The highest BCUT2D eigenvalue weighted by Crippen LogP contribution is 2.25. The van der Waals surface area contributed by atoms with Crippen LogP contribution < -0.4 is 0 Å². The topological polar surface area (TPSA) is 23.6 Å². The van der Waals surface area contributed by atoms with Crippen molar-refractivity contribution in [2.75, 3.05) is 19.6 Å². The third-order valence-electron chi connectivity index (χ3n) is 6.03. The molecule has 0 unspecified atom stereocenters. The zero-order valence-corrected chi connectivity index (χ0v) is 15.7. The Kier molecular flexibility index (Phi) is 5.07. The molecule has 0 saturated carbocycles. The van der Waals surface area contributed by atoms with Crippen molar-refractivity contribution in [2.24, 2.45) is 5.92 Å². The fourth-order valence-corrected chi connectivity index (χ4v) is 4.31. The van der Waals surface area contributed by atoms with Crippen LogP contribution in [0.25, 0.3) is 0 Å². The van der Waals surface area contributed by atoms with Gasteiger partial charge in [-0.2, -0.15) is 0 Å². The van der Waals surface area contributed by atoms with E-state index < -0.39 is 0 Å². The summed E-state index contributed by atoms with van der Waals surface area (Å²) in [7, 11) is 0. The molecule has 1 fully saturated rings. The number of rotatable bonds is 3. The number of piperidine rings is 1. The van der Waals surface area contributed by atoms with Gasteiger partial charge < -0.3 is 4.90 Å². The average molecular weight is 348 g/mol. The van der Waals surface area contributed by atoms with Gasteiger partial charge in [-0.15, -0.1) is 0 Å². The minimum Gasteiger partial charge on any atom is -0.338 e. The molecule has 0 N–H and O–H groups in total. The number of likely N-dealkylation sites (tertiary alicyclic amines) is 1. The molecule has 0 radical (unpaired) electrons. The first kappa shape index (κ1) is 17.3. The maximum atomic E-state index is 13.0. The van der Waals surface area contributed by atoms with Gasteiger partial charge in [-0.1, -0.05) is 48.5 Å². The van der Waals surface area contributed by atoms with E-state index in [4.69, 9.17) is 0 Å². The van der Waals surface area contributed by atoms with E-state index in [9.17, 15) is 4.79 Å². The molecule has 3 nitrogen and oxygen atoms in total. The fraction of sp³-hybridized carbons (Fsp3) is 0.435. The van der Waals surface area contributed by atoms with E-state index in [1.807, 2.05) is 0 Å². The molecule has 136 valence electrons. The maximum Gasteiger partial charge on any atom is 0.226 e. The highest BCUT2D eigenvalue weighted by Gasteiger charge is 2.30. The summed E-state index contributed by atoms with van der Waals surface area (Å²) < 4.78 is 0. The van der Waals surface area contributed by atoms with Crippen molar-refractivity contribution in [1.82, 2.24) is 9.80 Å². The number of amides is 1. The first-order valence-corrected chi connectivity index (χ1v) is 9.83. The van der Waals surface area contributed by atoms with Crippen molar-refractivity contribution in [3.05, 3.63) is 70.8 Å². The van der Waals surface area contributed by atoms with Gasteiger partial charge in [-0.3, -0.25) is 9.69 Å². The maximum absolute atomic E-state index is 13.0. The van der Waals surface area contributed by atoms with E-state index in [-0.39, 0.29) is 5.92 Å². The van der Waals surface area contributed by atoms with Crippen molar-refractivity contribution < 1.29 is 4.79 Å². The summed E-state index contributed by atoms with van der Waals surface area (Å²) in [5.41, 5.74) is 5.50. The molecular formula is C23H28N2O. The molecule has 0 aromatic heterocycles. The highest BCUT2D eigenvalue weighted by molar-refractivity contribution is 5.79. The SMILES string of the molecule is Cc1ccccc1CN1CCC(C(=O)N2CCc3ccccc3C2)CC1. The third-order valence-corrected chi connectivity index (χ3v) is 6.03. The van der Waals surface area contributed by atoms with Gasteiger partial charge in [0.1, 0.15) is 0 Å². The lowest BCUT2D eigenvalue weighted by atomic mass is 9.92. The Balaban J connectivity index is 1.32. The molecule has 0 spiro atoms. The monoisotopic (exact) mass is 348 g/mol. The first-order chi connectivity index (χ1) is 12.7. The van der Waals surface area contributed by atoms with Crippen LogP contribution in [-0.4, -0.2) is 35.3 Å². The second kappa shape index (κ2) is 7.63. The number of benzene rings is 2. The standard InChI is InChI=1S/C23H28N2O/c1-18-6-2-3-8-21(18)16-24-13-10-20(11-14-24)23(26)25-15-12-19-7-4-5-9-22(19)17-25/h2-9,20H,10-17H2,1H3. The summed E-state index contributed by atoms with van der Waals surface area (Å²) in [4.78, 5) is 17.6. The van der Waals surface area contributed by atoms with E-state index in [2.05, 4.69) is 65.3 Å². The van der Waals surface area contributed by atoms with Crippen LogP contribution in [0.1, 0.15) is 35.1 Å². The Bertz CT molecular complexity index is 777. The quantitative estimate of drug-likeness (QED) is 0.842. The average Bonchev–Trinajstić information content (AvgIpc) is 2.69. The number of nitrogens with zero attached hydrogens (tertiary/aromatic N) is 2. The van der Waals surface area contributed by atoms with Crippen LogP contribution in [0.4, 0.5) is 0 Å². The van der Waals surface area contributed by atoms with E-state index in [0.717, 1.165) is 52.0 Å². The number of hydrogen-bond acceptors (Lipinski definition) is 2. The number of carbonyl (C=O) groups is 1. The van der Waals surface area contributed by atoms with Crippen LogP contribution in [0.5, 0.6) is 0 Å². The Morgan fingerprint density at radius 2 is 1.65 bits per heavy atom. The molecule has 0 bridgehead atoms. The lowest BCUT2D eigenvalue weighted by Gasteiger charge is -2.36. The van der Waals surface area contributed by atoms with Crippen LogP contribution in [0.15, 0.2) is 48.5 Å². The normalized spacial score (nSPS) is 18.6. The lowest BCUT2D eigenvalue weighted by molar-refractivity contribution is -0.138. The molecule has 4 rings (SSSR count). The summed E-state index contributed by atoms with van der Waals surface area (Å²) in [5, 5.41) is 0. The number of carbonyl (C=O) groups excluding carboxylic acids is 1. The van der Waals surface area contributed by atoms with Crippen molar-refractivity contribution in [3.8, 4) is 0 Å². The summed E-state index contributed by atoms with van der Waals surface area (Å²) in [6.45, 7) is 6.90. The van der Waals surface area contributed by atoms with Gasteiger partial charge in [0.2, 0.25) is 5.91 Å². The second-order valence-electron chi connectivity index (χ2n) is 7.76. The van der Waals surface area contributed by atoms with Gasteiger partial charge in [-0.25, -0.2) is 0 Å². The Morgan fingerprint density at radius 3 is 2.42 bits per heavy atom. The Morgan fingerprint density at radius 1 is 0.962 bits per heavy atom. The molecular weight excluding hydrogens is 320 g/mol. The Hall–Kier alpha value is -2.13. The largest absolute Gasteiger partial charge is 0.338 e. The van der Waals surface area contributed by atoms with E-state index in [1.54, 1.807) is 0 Å². The molecule has 3 heteroatoms. The van der Waals surface area contributed by atoms with Crippen LogP contribution >= 0.6 is 0 Å². The predicted molar refractivity (Wildman–Crippen MR) is 105 cm³/mol.